The van der Waals surface area contributed by atoms with E-state index in [1.165, 1.54) is 0 Å². The lowest BCUT2D eigenvalue weighted by atomic mass is 9.76. The highest BCUT2D eigenvalue weighted by atomic mass is 35.5. The number of carbonyl (C=O) groups excluding carboxylic acids is 2. The molecule has 178 valence electrons. The molecular weight excluding hydrogens is 442 g/mol. The molecule has 2 aromatic rings. The quantitative estimate of drug-likeness (QED) is 0.691. The van der Waals surface area contributed by atoms with Crippen LogP contribution < -0.4 is 5.32 Å². The van der Waals surface area contributed by atoms with E-state index in [-0.39, 0.29) is 35.7 Å². The van der Waals surface area contributed by atoms with Crippen LogP contribution in [-0.2, 0) is 16.1 Å². The fraction of sp³-hybridized carbons (Fsp3) is 0.583. The summed E-state index contributed by atoms with van der Waals surface area (Å²) < 4.78 is 5.51. The van der Waals surface area contributed by atoms with Crippen molar-refractivity contribution in [2.24, 2.45) is 11.3 Å². The smallest absolute Gasteiger partial charge is 0.244 e. The molecule has 2 aliphatic heterocycles. The largest absolute Gasteiger partial charge is 0.351 e. The first-order valence-electron chi connectivity index (χ1n) is 11.6. The standard InChI is InChI=1S/C24H32ClN5O3/c1-16(2)23(32)29-10-8-24(9-11-29)12-20(22-27-17(3)28-33-22)30(15-24)14-21(31)26-13-18-6-4-5-7-19(18)25/h4-7,16,20H,8-15H2,1-3H3,(H,26,31). The van der Waals surface area contributed by atoms with Crippen molar-refractivity contribution in [1.29, 1.82) is 0 Å². The predicted molar refractivity (Wildman–Crippen MR) is 124 cm³/mol. The van der Waals surface area contributed by atoms with Gasteiger partial charge in [0.1, 0.15) is 0 Å². The molecular formula is C24H32ClN5O3. The minimum atomic E-state index is -0.107. The van der Waals surface area contributed by atoms with E-state index in [0.29, 0.717) is 23.3 Å². The van der Waals surface area contributed by atoms with E-state index in [2.05, 4.69) is 20.4 Å². The topological polar surface area (TPSA) is 91.6 Å². The van der Waals surface area contributed by atoms with Gasteiger partial charge in [0.25, 0.3) is 0 Å². The van der Waals surface area contributed by atoms with Crippen LogP contribution >= 0.6 is 11.6 Å². The van der Waals surface area contributed by atoms with Gasteiger partial charge in [-0.1, -0.05) is 48.8 Å². The van der Waals surface area contributed by atoms with Crippen LogP contribution in [0.1, 0.15) is 56.4 Å². The summed E-state index contributed by atoms with van der Waals surface area (Å²) in [6.45, 7) is 8.58. The molecule has 0 aliphatic carbocycles. The summed E-state index contributed by atoms with van der Waals surface area (Å²) in [5, 5.41) is 7.59. The molecule has 1 N–H and O–H groups in total. The number of carbonyl (C=O) groups is 2. The number of piperidine rings is 1. The maximum Gasteiger partial charge on any atom is 0.244 e. The molecule has 3 heterocycles. The Hall–Kier alpha value is -2.45. The number of benzene rings is 1. The number of hydrogen-bond acceptors (Lipinski definition) is 6. The number of amides is 2. The highest BCUT2D eigenvalue weighted by Gasteiger charge is 2.48. The van der Waals surface area contributed by atoms with Gasteiger partial charge in [-0.2, -0.15) is 4.98 Å². The minimum Gasteiger partial charge on any atom is -0.351 e. The Kier molecular flexibility index (Phi) is 7.05. The summed E-state index contributed by atoms with van der Waals surface area (Å²) in [5.74, 6) is 1.30. The molecule has 8 nitrogen and oxygen atoms in total. The third-order valence-electron chi connectivity index (χ3n) is 6.84. The molecule has 0 bridgehead atoms. The number of nitrogens with zero attached hydrogens (tertiary/aromatic N) is 4. The van der Waals surface area contributed by atoms with E-state index >= 15 is 0 Å². The highest BCUT2D eigenvalue weighted by Crippen LogP contribution is 2.48. The molecule has 0 radical (unpaired) electrons. The second kappa shape index (κ2) is 9.81. The zero-order valence-corrected chi connectivity index (χ0v) is 20.3. The number of nitrogens with one attached hydrogen (secondary N) is 1. The number of likely N-dealkylation sites (tertiary alicyclic amines) is 2. The Morgan fingerprint density at radius 2 is 2.00 bits per heavy atom. The Morgan fingerprint density at radius 1 is 1.27 bits per heavy atom. The average molecular weight is 474 g/mol. The summed E-state index contributed by atoms with van der Waals surface area (Å²) in [4.78, 5) is 33.9. The van der Waals surface area contributed by atoms with Gasteiger partial charge in [-0.25, -0.2) is 0 Å². The summed E-state index contributed by atoms with van der Waals surface area (Å²) in [6, 6.07) is 7.39. The van der Waals surface area contributed by atoms with Crippen LogP contribution in [0.5, 0.6) is 0 Å². The summed E-state index contributed by atoms with van der Waals surface area (Å²) in [7, 11) is 0. The van der Waals surface area contributed by atoms with Crippen LogP contribution in [0.3, 0.4) is 0 Å². The van der Waals surface area contributed by atoms with Crippen LogP contribution in [0.2, 0.25) is 5.02 Å². The molecule has 1 unspecified atom stereocenters. The molecule has 2 saturated heterocycles. The molecule has 2 fully saturated rings. The van der Waals surface area contributed by atoms with Crippen molar-refractivity contribution in [3.63, 3.8) is 0 Å². The molecule has 1 aromatic heterocycles. The number of rotatable bonds is 6. The normalized spacial score (nSPS) is 20.5. The number of aromatic nitrogens is 2. The third kappa shape index (κ3) is 5.38. The van der Waals surface area contributed by atoms with Gasteiger partial charge in [0.05, 0.1) is 12.6 Å². The summed E-state index contributed by atoms with van der Waals surface area (Å²) >= 11 is 6.22. The predicted octanol–water partition coefficient (Wildman–Crippen LogP) is 3.36. The van der Waals surface area contributed by atoms with Crippen LogP contribution in [0.25, 0.3) is 0 Å². The zero-order chi connectivity index (χ0) is 23.6. The van der Waals surface area contributed by atoms with Gasteiger partial charge in [0.2, 0.25) is 17.7 Å². The first-order chi connectivity index (χ1) is 15.8. The van der Waals surface area contributed by atoms with Gasteiger partial charge in [-0.15, -0.1) is 0 Å². The molecule has 4 rings (SSSR count). The van der Waals surface area contributed by atoms with E-state index in [1.54, 1.807) is 6.92 Å². The van der Waals surface area contributed by atoms with Gasteiger partial charge < -0.3 is 14.7 Å². The van der Waals surface area contributed by atoms with E-state index in [1.807, 2.05) is 43.0 Å². The second-order valence-corrected chi connectivity index (χ2v) is 10.1. The van der Waals surface area contributed by atoms with Gasteiger partial charge in [0, 0.05) is 37.1 Å². The second-order valence-electron chi connectivity index (χ2n) is 9.65. The fourth-order valence-corrected chi connectivity index (χ4v) is 5.21. The number of halogens is 1. The van der Waals surface area contributed by atoms with Crippen molar-refractivity contribution < 1.29 is 14.1 Å². The van der Waals surface area contributed by atoms with Crippen molar-refractivity contribution in [3.8, 4) is 0 Å². The van der Waals surface area contributed by atoms with Gasteiger partial charge in [-0.05, 0) is 43.2 Å². The molecule has 33 heavy (non-hydrogen) atoms. The fourth-order valence-electron chi connectivity index (χ4n) is 5.01. The van der Waals surface area contributed by atoms with Gasteiger partial charge in [-0.3, -0.25) is 14.5 Å². The van der Waals surface area contributed by atoms with Crippen LogP contribution in [0.4, 0.5) is 0 Å². The van der Waals surface area contributed by atoms with E-state index < -0.39 is 0 Å². The van der Waals surface area contributed by atoms with Gasteiger partial charge in [0.15, 0.2) is 5.82 Å². The average Bonchev–Trinajstić information content (AvgIpc) is 3.36. The van der Waals surface area contributed by atoms with E-state index in [4.69, 9.17) is 16.1 Å². The lowest BCUT2D eigenvalue weighted by Crippen LogP contribution is -2.46. The Labute approximate surface area is 199 Å². The molecule has 2 amide bonds. The summed E-state index contributed by atoms with van der Waals surface area (Å²) in [6.07, 6.45) is 2.66. The monoisotopic (exact) mass is 473 g/mol. The van der Waals surface area contributed by atoms with Crippen molar-refractivity contribution in [3.05, 3.63) is 46.6 Å². The number of aryl methyl sites for hydroxylation is 1. The summed E-state index contributed by atoms with van der Waals surface area (Å²) in [5.41, 5.74) is 0.917. The molecule has 1 atom stereocenters. The van der Waals surface area contributed by atoms with Crippen molar-refractivity contribution in [2.75, 3.05) is 26.2 Å². The SMILES string of the molecule is Cc1noc(C2CC3(CCN(C(=O)C(C)C)CC3)CN2CC(=O)NCc2ccccc2Cl)n1. The van der Waals surface area contributed by atoms with E-state index in [0.717, 1.165) is 44.5 Å². The van der Waals surface area contributed by atoms with Crippen molar-refractivity contribution in [1.82, 2.24) is 25.3 Å². The van der Waals surface area contributed by atoms with Crippen molar-refractivity contribution in [2.45, 2.75) is 52.6 Å². The molecule has 2 aliphatic rings. The van der Waals surface area contributed by atoms with Gasteiger partial charge >= 0.3 is 0 Å². The van der Waals surface area contributed by atoms with E-state index in [9.17, 15) is 9.59 Å². The zero-order valence-electron chi connectivity index (χ0n) is 19.5. The Balaban J connectivity index is 1.43. The lowest BCUT2D eigenvalue weighted by molar-refractivity contribution is -0.136. The third-order valence-corrected chi connectivity index (χ3v) is 7.21. The minimum absolute atomic E-state index is 0.00931. The van der Waals surface area contributed by atoms with Crippen molar-refractivity contribution >= 4 is 23.4 Å². The number of hydrogen-bond donors (Lipinski definition) is 1. The molecule has 1 spiro atoms. The lowest BCUT2D eigenvalue weighted by Gasteiger charge is -2.40. The van der Waals surface area contributed by atoms with Crippen LogP contribution in [0.15, 0.2) is 28.8 Å². The maximum atomic E-state index is 12.8. The molecule has 9 heteroatoms. The Morgan fingerprint density at radius 3 is 2.64 bits per heavy atom. The first kappa shape index (κ1) is 23.7. The first-order valence-corrected chi connectivity index (χ1v) is 12.0. The maximum absolute atomic E-state index is 12.8. The molecule has 1 aromatic carbocycles. The Bertz CT molecular complexity index is 999. The highest BCUT2D eigenvalue weighted by molar-refractivity contribution is 6.31. The molecule has 0 saturated carbocycles. The van der Waals surface area contributed by atoms with Crippen LogP contribution in [-0.4, -0.2) is 57.9 Å². The van der Waals surface area contributed by atoms with Crippen LogP contribution in [0, 0.1) is 18.3 Å².